The molecule has 1 atom stereocenters. The lowest BCUT2D eigenvalue weighted by Crippen LogP contribution is -2.31. The molecule has 0 spiro atoms. The Morgan fingerprint density at radius 1 is 1.00 bits per heavy atom. The van der Waals surface area contributed by atoms with Gasteiger partial charge < -0.3 is 10.4 Å². The van der Waals surface area contributed by atoms with Crippen molar-refractivity contribution in [2.45, 2.75) is 25.7 Å². The summed E-state index contributed by atoms with van der Waals surface area (Å²) in [6.07, 6.45) is -9.56. The van der Waals surface area contributed by atoms with Gasteiger partial charge in [0.1, 0.15) is 0 Å². The highest BCUT2D eigenvalue weighted by Gasteiger charge is 2.37. The molecule has 6 nitrogen and oxygen atoms in total. The number of amides is 1. The van der Waals surface area contributed by atoms with E-state index in [4.69, 9.17) is 9.90 Å². The molecule has 1 aliphatic heterocycles. The first-order chi connectivity index (χ1) is 14.8. The van der Waals surface area contributed by atoms with Crippen LogP contribution in [0.2, 0.25) is 0 Å². The first kappa shape index (κ1) is 24.7. The van der Waals surface area contributed by atoms with Gasteiger partial charge in [0.2, 0.25) is 5.91 Å². The van der Waals surface area contributed by atoms with Crippen LogP contribution in [0.3, 0.4) is 0 Å². The molecular weight excluding hydrogens is 444 g/mol. The number of anilines is 2. The third-order valence-electron chi connectivity index (χ3n) is 4.32. The molecule has 1 heterocycles. The third kappa shape index (κ3) is 6.46. The highest BCUT2D eigenvalue weighted by molar-refractivity contribution is 6.05. The van der Waals surface area contributed by atoms with E-state index in [1.54, 1.807) is 12.1 Å². The summed E-state index contributed by atoms with van der Waals surface area (Å²) in [5.74, 6) is -0.329. The van der Waals surface area contributed by atoms with E-state index in [9.17, 15) is 31.1 Å². The number of carboxylic acid groups (broad SMARTS) is 1. The smallest absolute Gasteiger partial charge is 0.416 e. The molecule has 0 saturated carbocycles. The maximum Gasteiger partial charge on any atom is 0.416 e. The van der Waals surface area contributed by atoms with Gasteiger partial charge in [-0.05, 0) is 35.9 Å². The number of alkyl halides is 6. The fourth-order valence-corrected chi connectivity index (χ4v) is 2.92. The molecule has 2 aromatic rings. The third-order valence-corrected chi connectivity index (χ3v) is 4.32. The second kappa shape index (κ2) is 9.71. The van der Waals surface area contributed by atoms with Crippen molar-refractivity contribution in [1.82, 2.24) is 5.43 Å². The van der Waals surface area contributed by atoms with E-state index < -0.39 is 23.5 Å². The minimum Gasteiger partial charge on any atom is -0.483 e. The number of carbonyl (C=O) groups is 2. The normalized spacial score (nSPS) is 16.3. The fraction of sp³-hybridized carbons (Fsp3) is 0.250. The molecule has 0 fully saturated rings. The second-order valence-electron chi connectivity index (χ2n) is 6.74. The summed E-state index contributed by atoms with van der Waals surface area (Å²) < 4.78 is 77.8. The predicted molar refractivity (Wildman–Crippen MR) is 103 cm³/mol. The van der Waals surface area contributed by atoms with Gasteiger partial charge in [0.25, 0.3) is 6.47 Å². The van der Waals surface area contributed by atoms with Crippen LogP contribution in [0.1, 0.15) is 30.0 Å². The minimum atomic E-state index is -4.92. The molecule has 32 heavy (non-hydrogen) atoms. The van der Waals surface area contributed by atoms with Crippen molar-refractivity contribution in [3.8, 4) is 0 Å². The Labute approximate surface area is 177 Å². The van der Waals surface area contributed by atoms with Crippen LogP contribution in [0, 0.1) is 5.92 Å². The second-order valence-corrected chi connectivity index (χ2v) is 6.74. The van der Waals surface area contributed by atoms with Crippen LogP contribution < -0.4 is 10.7 Å². The largest absolute Gasteiger partial charge is 0.483 e. The van der Waals surface area contributed by atoms with Crippen LogP contribution in [0.25, 0.3) is 0 Å². The standard InChI is InChI=1S/C19H15F6N3O.CH2O2/c1-10-6-16(29)27-28-17(10)11-2-4-14(5-3-11)26-15-8-12(18(20,21)22)7-13(9-15)19(23,24)25;2-1-3/h2-5,7-10,26H,6H2,1H3,(H,27,29);1H,(H,2,3). The van der Waals surface area contributed by atoms with E-state index in [1.165, 1.54) is 12.1 Å². The number of nitrogens with one attached hydrogen (secondary N) is 2. The molecule has 1 amide bonds. The van der Waals surface area contributed by atoms with Crippen LogP contribution in [0.15, 0.2) is 47.6 Å². The molecule has 0 saturated heterocycles. The zero-order chi connectivity index (χ0) is 24.1. The molecule has 2 aromatic carbocycles. The summed E-state index contributed by atoms with van der Waals surface area (Å²) in [4.78, 5) is 19.7. The van der Waals surface area contributed by atoms with Crippen molar-refractivity contribution in [3.63, 3.8) is 0 Å². The van der Waals surface area contributed by atoms with Crippen LogP contribution >= 0.6 is 0 Å². The number of hydrogen-bond donors (Lipinski definition) is 3. The Kier molecular flexibility index (Phi) is 7.49. The van der Waals surface area contributed by atoms with Crippen molar-refractivity contribution in [3.05, 3.63) is 59.2 Å². The lowest BCUT2D eigenvalue weighted by Gasteiger charge is -2.19. The van der Waals surface area contributed by atoms with Gasteiger partial charge in [0.05, 0.1) is 16.8 Å². The summed E-state index contributed by atoms with van der Waals surface area (Å²) in [6.45, 7) is 1.57. The molecule has 0 aliphatic carbocycles. The monoisotopic (exact) mass is 461 g/mol. The first-order valence-electron chi connectivity index (χ1n) is 8.96. The molecule has 1 unspecified atom stereocenters. The number of hydrazone groups is 1. The summed E-state index contributed by atoms with van der Waals surface area (Å²) in [6, 6.07) is 7.56. The van der Waals surface area contributed by atoms with E-state index in [-0.39, 0.29) is 36.5 Å². The van der Waals surface area contributed by atoms with E-state index in [0.29, 0.717) is 29.1 Å². The molecule has 3 N–H and O–H groups in total. The Balaban J connectivity index is 0.00000114. The quantitative estimate of drug-likeness (QED) is 0.442. The van der Waals surface area contributed by atoms with Crippen molar-refractivity contribution in [1.29, 1.82) is 0 Å². The molecule has 172 valence electrons. The average Bonchev–Trinajstić information content (AvgIpc) is 2.68. The van der Waals surface area contributed by atoms with Gasteiger partial charge in [-0.25, -0.2) is 5.43 Å². The number of benzene rings is 2. The maximum absolute atomic E-state index is 13.0. The summed E-state index contributed by atoms with van der Waals surface area (Å²) in [5.41, 5.74) is 0.865. The van der Waals surface area contributed by atoms with Crippen LogP contribution in [-0.4, -0.2) is 23.2 Å². The number of hydrogen-bond acceptors (Lipinski definition) is 4. The SMILES string of the molecule is CC1CC(=O)NN=C1c1ccc(Nc2cc(C(F)(F)F)cc(C(F)(F)F)c2)cc1.O=CO. The fourth-order valence-electron chi connectivity index (χ4n) is 2.92. The Hall–Kier alpha value is -3.57. The zero-order valence-electron chi connectivity index (χ0n) is 16.4. The molecule has 12 heteroatoms. The van der Waals surface area contributed by atoms with Crippen LogP contribution in [0.5, 0.6) is 0 Å². The van der Waals surface area contributed by atoms with E-state index in [2.05, 4.69) is 15.8 Å². The maximum atomic E-state index is 13.0. The topological polar surface area (TPSA) is 90.8 Å². The van der Waals surface area contributed by atoms with Crippen molar-refractivity contribution >= 4 is 29.5 Å². The van der Waals surface area contributed by atoms with E-state index >= 15 is 0 Å². The highest BCUT2D eigenvalue weighted by Crippen LogP contribution is 2.38. The predicted octanol–water partition coefficient (Wildman–Crippen LogP) is 5.03. The lowest BCUT2D eigenvalue weighted by molar-refractivity contribution is -0.143. The molecular formula is C20H17F6N3O3. The van der Waals surface area contributed by atoms with Crippen molar-refractivity contribution in [2.24, 2.45) is 11.0 Å². The average molecular weight is 461 g/mol. The molecule has 1 aliphatic rings. The van der Waals surface area contributed by atoms with Gasteiger partial charge in [-0.2, -0.15) is 31.4 Å². The summed E-state index contributed by atoms with van der Waals surface area (Å²) in [5, 5.41) is 13.5. The lowest BCUT2D eigenvalue weighted by atomic mass is 9.94. The van der Waals surface area contributed by atoms with Gasteiger partial charge in [-0.3, -0.25) is 9.59 Å². The number of nitrogens with zero attached hydrogens (tertiary/aromatic N) is 1. The van der Waals surface area contributed by atoms with Gasteiger partial charge in [-0.1, -0.05) is 19.1 Å². The highest BCUT2D eigenvalue weighted by atomic mass is 19.4. The number of carbonyl (C=O) groups excluding carboxylic acids is 1. The molecule has 0 bridgehead atoms. The first-order valence-corrected chi connectivity index (χ1v) is 8.96. The Morgan fingerprint density at radius 3 is 1.94 bits per heavy atom. The Morgan fingerprint density at radius 2 is 1.50 bits per heavy atom. The number of halogens is 6. The van der Waals surface area contributed by atoms with Crippen LogP contribution in [0.4, 0.5) is 37.7 Å². The van der Waals surface area contributed by atoms with Gasteiger partial charge in [0.15, 0.2) is 0 Å². The molecule has 3 rings (SSSR count). The van der Waals surface area contributed by atoms with E-state index in [1.807, 2.05) is 6.92 Å². The van der Waals surface area contributed by atoms with Gasteiger partial charge >= 0.3 is 12.4 Å². The van der Waals surface area contributed by atoms with Gasteiger partial charge in [-0.15, -0.1) is 0 Å². The van der Waals surface area contributed by atoms with Gasteiger partial charge in [0, 0.05) is 23.7 Å². The minimum absolute atomic E-state index is 0.0746. The summed E-state index contributed by atoms with van der Waals surface area (Å²) in [7, 11) is 0. The zero-order valence-corrected chi connectivity index (χ0v) is 16.4. The molecule has 0 radical (unpaired) electrons. The number of rotatable bonds is 3. The van der Waals surface area contributed by atoms with E-state index in [0.717, 1.165) is 0 Å². The van der Waals surface area contributed by atoms with Crippen molar-refractivity contribution < 1.29 is 41.0 Å². The van der Waals surface area contributed by atoms with Crippen molar-refractivity contribution in [2.75, 3.05) is 5.32 Å². The Bertz CT molecular complexity index is 969. The molecule has 0 aromatic heterocycles. The van der Waals surface area contributed by atoms with Crippen LogP contribution in [-0.2, 0) is 21.9 Å². The summed E-state index contributed by atoms with van der Waals surface area (Å²) >= 11 is 0.